The van der Waals surface area contributed by atoms with Gasteiger partial charge in [-0.3, -0.25) is 9.36 Å². The highest BCUT2D eigenvalue weighted by Crippen LogP contribution is 2.40. The van der Waals surface area contributed by atoms with Gasteiger partial charge in [-0.1, -0.05) is 41.7 Å². The van der Waals surface area contributed by atoms with E-state index in [0.29, 0.717) is 41.4 Å². The Balaban J connectivity index is 1.85. The standard InChI is InChI=1S/C26H20BrIN2O5S/c1-4-34-25(32)20-13(2)29-26-30(24(31)19(36-26)12-15-11-17(27)23(28)35-15)22(20)21-16-8-6-5-7-14(16)9-10-18(21)33-3/h5-12,22H,4H2,1-3H3/b19-12+. The van der Waals surface area contributed by atoms with E-state index in [1.165, 1.54) is 11.3 Å². The molecule has 10 heteroatoms. The van der Waals surface area contributed by atoms with Crippen molar-refractivity contribution >= 4 is 72.7 Å². The van der Waals surface area contributed by atoms with Crippen molar-refractivity contribution in [3.8, 4) is 5.75 Å². The maximum absolute atomic E-state index is 13.9. The molecule has 0 fully saturated rings. The molecule has 1 unspecified atom stereocenters. The minimum Gasteiger partial charge on any atom is -0.496 e. The minimum atomic E-state index is -0.785. The lowest BCUT2D eigenvalue weighted by Crippen LogP contribution is -2.40. The number of allylic oxidation sites excluding steroid dienone is 1. The van der Waals surface area contributed by atoms with Crippen LogP contribution in [0.5, 0.6) is 5.75 Å². The predicted octanol–water partition coefficient (Wildman–Crippen LogP) is 4.92. The van der Waals surface area contributed by atoms with Gasteiger partial charge in [0.15, 0.2) is 8.57 Å². The number of benzene rings is 2. The first-order valence-corrected chi connectivity index (χ1v) is 13.7. The zero-order valence-corrected chi connectivity index (χ0v) is 24.1. The monoisotopic (exact) mass is 678 g/mol. The second-order valence-electron chi connectivity index (χ2n) is 7.98. The normalized spacial score (nSPS) is 15.7. The number of fused-ring (bicyclic) bond motifs is 2. The summed E-state index contributed by atoms with van der Waals surface area (Å²) >= 11 is 6.76. The number of hydrogen-bond acceptors (Lipinski definition) is 7. The third kappa shape index (κ3) is 4.24. The van der Waals surface area contributed by atoms with Crippen LogP contribution in [-0.2, 0) is 9.53 Å². The third-order valence-electron chi connectivity index (χ3n) is 5.88. The van der Waals surface area contributed by atoms with Crippen LogP contribution in [0.4, 0.5) is 0 Å². The number of halogens is 2. The molecule has 0 aliphatic carbocycles. The molecule has 1 aliphatic rings. The highest BCUT2D eigenvalue weighted by Gasteiger charge is 2.36. The Labute approximate surface area is 232 Å². The van der Waals surface area contributed by atoms with E-state index >= 15 is 0 Å². The van der Waals surface area contributed by atoms with Gasteiger partial charge >= 0.3 is 5.97 Å². The molecule has 4 aromatic rings. The van der Waals surface area contributed by atoms with Gasteiger partial charge in [-0.15, -0.1) is 0 Å². The van der Waals surface area contributed by atoms with E-state index in [4.69, 9.17) is 13.9 Å². The Morgan fingerprint density at radius 2 is 2.08 bits per heavy atom. The lowest BCUT2D eigenvalue weighted by atomic mass is 9.90. The van der Waals surface area contributed by atoms with Gasteiger partial charge in [0.1, 0.15) is 17.6 Å². The largest absolute Gasteiger partial charge is 0.496 e. The van der Waals surface area contributed by atoms with Crippen molar-refractivity contribution in [3.63, 3.8) is 0 Å². The number of aromatic nitrogens is 1. The van der Waals surface area contributed by atoms with Gasteiger partial charge in [0.2, 0.25) is 0 Å². The van der Waals surface area contributed by atoms with Crippen LogP contribution in [0.1, 0.15) is 31.2 Å². The van der Waals surface area contributed by atoms with Crippen molar-refractivity contribution < 1.29 is 18.7 Å². The van der Waals surface area contributed by atoms with E-state index in [1.54, 1.807) is 37.7 Å². The number of esters is 1. The zero-order chi connectivity index (χ0) is 25.6. The SMILES string of the molecule is CCOC(=O)C1=C(C)N=c2s/c(=C/c3cc(Br)c(I)o3)c(=O)n2C1c1c(OC)ccc2ccccc12. The second kappa shape index (κ2) is 9.98. The molecule has 0 bridgehead atoms. The molecule has 184 valence electrons. The first kappa shape index (κ1) is 25.0. The second-order valence-corrected chi connectivity index (χ2v) is 10.8. The maximum Gasteiger partial charge on any atom is 0.338 e. The summed E-state index contributed by atoms with van der Waals surface area (Å²) in [4.78, 5) is 32.3. The Morgan fingerprint density at radius 1 is 1.31 bits per heavy atom. The number of nitrogens with zero attached hydrogens (tertiary/aromatic N) is 2. The van der Waals surface area contributed by atoms with E-state index in [2.05, 4.69) is 43.5 Å². The van der Waals surface area contributed by atoms with Crippen molar-refractivity contribution in [1.29, 1.82) is 0 Å². The van der Waals surface area contributed by atoms with Crippen LogP contribution in [0.25, 0.3) is 16.8 Å². The molecule has 0 saturated carbocycles. The third-order valence-corrected chi connectivity index (χ3v) is 8.99. The number of thiazole rings is 1. The highest BCUT2D eigenvalue weighted by molar-refractivity contribution is 14.1. The van der Waals surface area contributed by atoms with Crippen LogP contribution in [-0.4, -0.2) is 24.3 Å². The number of ether oxygens (including phenoxy) is 2. The molecule has 2 aromatic carbocycles. The van der Waals surface area contributed by atoms with Gasteiger partial charge in [0.25, 0.3) is 5.56 Å². The minimum absolute atomic E-state index is 0.200. The van der Waals surface area contributed by atoms with Crippen LogP contribution < -0.4 is 19.6 Å². The average Bonchev–Trinajstić information content (AvgIpc) is 3.34. The van der Waals surface area contributed by atoms with Gasteiger partial charge in [0, 0.05) is 34.2 Å². The van der Waals surface area contributed by atoms with E-state index < -0.39 is 12.0 Å². The zero-order valence-electron chi connectivity index (χ0n) is 19.5. The molecule has 3 heterocycles. The molecule has 0 saturated heterocycles. The fourth-order valence-corrected chi connectivity index (χ4v) is 6.11. The van der Waals surface area contributed by atoms with Gasteiger partial charge < -0.3 is 13.9 Å². The lowest BCUT2D eigenvalue weighted by molar-refractivity contribution is -0.139. The first-order chi connectivity index (χ1) is 17.3. The van der Waals surface area contributed by atoms with E-state index in [9.17, 15) is 9.59 Å². The Morgan fingerprint density at radius 3 is 2.78 bits per heavy atom. The van der Waals surface area contributed by atoms with E-state index in [1.807, 2.05) is 36.4 Å². The van der Waals surface area contributed by atoms with E-state index in [-0.39, 0.29) is 12.2 Å². The van der Waals surface area contributed by atoms with Crippen LogP contribution in [0.2, 0.25) is 0 Å². The van der Waals surface area contributed by atoms with Crippen molar-refractivity contribution in [3.05, 3.63) is 93.0 Å². The van der Waals surface area contributed by atoms with E-state index in [0.717, 1.165) is 15.2 Å². The molecule has 1 aliphatic heterocycles. The topological polar surface area (TPSA) is 83.0 Å². The number of rotatable bonds is 5. The molecule has 5 rings (SSSR count). The highest BCUT2D eigenvalue weighted by atomic mass is 127. The molecule has 36 heavy (non-hydrogen) atoms. The molecule has 7 nitrogen and oxygen atoms in total. The smallest absolute Gasteiger partial charge is 0.338 e. The molecule has 1 atom stereocenters. The fourth-order valence-electron chi connectivity index (χ4n) is 4.36. The quantitative estimate of drug-likeness (QED) is 0.221. The molecule has 2 aromatic heterocycles. The van der Waals surface area contributed by atoms with Crippen LogP contribution in [0, 0.1) is 3.77 Å². The Kier molecular flexibility index (Phi) is 6.92. The number of furan rings is 1. The molecular weight excluding hydrogens is 659 g/mol. The lowest BCUT2D eigenvalue weighted by Gasteiger charge is -2.27. The van der Waals surface area contributed by atoms with Crippen LogP contribution in [0.15, 0.2) is 72.4 Å². The number of hydrogen-bond donors (Lipinski definition) is 0. The number of methoxy groups -OCH3 is 1. The summed E-state index contributed by atoms with van der Waals surface area (Å²) in [6.07, 6.45) is 1.69. The van der Waals surface area contributed by atoms with Gasteiger partial charge in [0.05, 0.1) is 34.0 Å². The molecular formula is C26H20BrIN2O5S. The summed E-state index contributed by atoms with van der Waals surface area (Å²) in [7, 11) is 1.58. The van der Waals surface area contributed by atoms with Gasteiger partial charge in [-0.25, -0.2) is 9.79 Å². The fraction of sp³-hybridized carbons (Fsp3) is 0.192. The predicted molar refractivity (Wildman–Crippen MR) is 150 cm³/mol. The van der Waals surface area contributed by atoms with Crippen molar-refractivity contribution in [2.45, 2.75) is 19.9 Å². The maximum atomic E-state index is 13.9. The molecule has 0 radical (unpaired) electrons. The summed E-state index contributed by atoms with van der Waals surface area (Å²) in [5.74, 6) is 0.587. The number of carbonyl (C=O) groups excluding carboxylic acids is 1. The summed E-state index contributed by atoms with van der Waals surface area (Å²) < 4.78 is 20.4. The summed E-state index contributed by atoms with van der Waals surface area (Å²) in [5, 5.41) is 1.83. The van der Waals surface area contributed by atoms with Gasteiger partial charge in [-0.2, -0.15) is 0 Å². The Bertz CT molecular complexity index is 1710. The van der Waals surface area contributed by atoms with Crippen molar-refractivity contribution in [2.75, 3.05) is 13.7 Å². The summed E-state index contributed by atoms with van der Waals surface area (Å²) in [5.41, 5.74) is 1.23. The molecule has 0 amide bonds. The first-order valence-electron chi connectivity index (χ1n) is 11.0. The van der Waals surface area contributed by atoms with Gasteiger partial charge in [-0.05, 0) is 52.7 Å². The summed E-state index contributed by atoms with van der Waals surface area (Å²) in [6, 6.07) is 12.6. The van der Waals surface area contributed by atoms with Crippen molar-refractivity contribution in [2.24, 2.45) is 4.99 Å². The molecule has 0 spiro atoms. The summed E-state index contributed by atoms with van der Waals surface area (Å²) in [6.45, 7) is 3.71. The Hall–Kier alpha value is -2.70. The van der Waals surface area contributed by atoms with Crippen LogP contribution >= 0.6 is 49.9 Å². The van der Waals surface area contributed by atoms with Crippen LogP contribution in [0.3, 0.4) is 0 Å². The average molecular weight is 679 g/mol. The molecule has 0 N–H and O–H groups in total. The van der Waals surface area contributed by atoms with Crippen molar-refractivity contribution in [1.82, 2.24) is 4.57 Å². The number of carbonyl (C=O) groups is 1.